The molecule has 9 nitrogen and oxygen atoms in total. The van der Waals surface area contributed by atoms with E-state index in [1.165, 1.54) is 0 Å². The van der Waals surface area contributed by atoms with Crippen molar-refractivity contribution in [3.05, 3.63) is 66.2 Å². The van der Waals surface area contributed by atoms with E-state index < -0.39 is 10.0 Å². The molecule has 6 rings (SSSR count). The molecule has 1 amide bonds. The van der Waals surface area contributed by atoms with Gasteiger partial charge in [0.05, 0.1) is 16.5 Å². The number of sulfonamides is 1. The molecule has 1 unspecified atom stereocenters. The van der Waals surface area contributed by atoms with Gasteiger partial charge in [0.25, 0.3) is 0 Å². The first kappa shape index (κ1) is 28.1. The quantitative estimate of drug-likeness (QED) is 0.466. The van der Waals surface area contributed by atoms with Crippen molar-refractivity contribution in [1.82, 2.24) is 24.8 Å². The number of pyridine rings is 1. The fourth-order valence-corrected chi connectivity index (χ4v) is 7.73. The van der Waals surface area contributed by atoms with Crippen LogP contribution in [0.5, 0.6) is 0 Å². The molecule has 0 bridgehead atoms. The standard InChI is InChI=1S/C31H40N6O3S/c1-35-17-19-36(20-18-35)30-14-9-25-21-27(12-13-28(25)33-30)41(39,40)34-26-10-7-24(8-11-26)31(38)37-16-15-32-22-29(37)23-5-3-2-4-6-23/h2-6,9,12-14,21,24,26,29,32,34H,7-8,10-11,15-20,22H2,1H3. The molecular formula is C31H40N6O3S. The number of rotatable bonds is 6. The highest BCUT2D eigenvalue weighted by Crippen LogP contribution is 2.31. The number of aromatic nitrogens is 1. The molecule has 0 spiro atoms. The summed E-state index contributed by atoms with van der Waals surface area (Å²) in [6.07, 6.45) is 2.69. The molecule has 1 aromatic heterocycles. The summed E-state index contributed by atoms with van der Waals surface area (Å²) in [7, 11) is -1.56. The fourth-order valence-electron chi connectivity index (χ4n) is 6.39. The van der Waals surface area contributed by atoms with Gasteiger partial charge in [0, 0.05) is 63.2 Å². The van der Waals surface area contributed by atoms with Crippen molar-refractivity contribution >= 4 is 32.7 Å². The van der Waals surface area contributed by atoms with Crippen molar-refractivity contribution in [3.8, 4) is 0 Å². The molecule has 3 heterocycles. The Morgan fingerprint density at radius 2 is 1.68 bits per heavy atom. The van der Waals surface area contributed by atoms with Gasteiger partial charge in [-0.1, -0.05) is 30.3 Å². The normalized spacial score (nSPS) is 24.5. The summed E-state index contributed by atoms with van der Waals surface area (Å²) in [4.78, 5) is 25.2. The maximum absolute atomic E-state index is 13.6. The lowest BCUT2D eigenvalue weighted by Gasteiger charge is -2.40. The third kappa shape index (κ3) is 6.25. The third-order valence-electron chi connectivity index (χ3n) is 8.89. The Kier molecular flexibility index (Phi) is 8.26. The molecular weight excluding hydrogens is 536 g/mol. The molecule has 2 aliphatic heterocycles. The van der Waals surface area contributed by atoms with Gasteiger partial charge in [-0.25, -0.2) is 18.1 Å². The zero-order valence-corrected chi connectivity index (χ0v) is 24.5. The number of carbonyl (C=O) groups excluding carboxylic acids is 1. The van der Waals surface area contributed by atoms with Crippen molar-refractivity contribution < 1.29 is 13.2 Å². The van der Waals surface area contributed by atoms with Gasteiger partial charge in [-0.15, -0.1) is 0 Å². The number of nitrogens with one attached hydrogen (secondary N) is 2. The Morgan fingerprint density at radius 3 is 2.44 bits per heavy atom. The van der Waals surface area contributed by atoms with E-state index >= 15 is 0 Å². The van der Waals surface area contributed by atoms with Crippen LogP contribution in [0.2, 0.25) is 0 Å². The van der Waals surface area contributed by atoms with Crippen LogP contribution in [0.3, 0.4) is 0 Å². The van der Waals surface area contributed by atoms with Gasteiger partial charge in [0.15, 0.2) is 0 Å². The first-order chi connectivity index (χ1) is 19.9. The number of amides is 1. The largest absolute Gasteiger partial charge is 0.354 e. The average molecular weight is 577 g/mol. The molecule has 1 atom stereocenters. The first-order valence-electron chi connectivity index (χ1n) is 14.8. The van der Waals surface area contributed by atoms with E-state index in [1.807, 2.05) is 35.2 Å². The van der Waals surface area contributed by atoms with E-state index in [1.54, 1.807) is 18.2 Å². The summed E-state index contributed by atoms with van der Waals surface area (Å²) in [6, 6.07) is 19.2. The number of hydrogen-bond acceptors (Lipinski definition) is 7. The first-order valence-corrected chi connectivity index (χ1v) is 16.3. The smallest absolute Gasteiger partial charge is 0.240 e. The van der Waals surface area contributed by atoms with E-state index in [0.717, 1.165) is 61.6 Å². The second-order valence-corrected chi connectivity index (χ2v) is 13.4. The molecule has 10 heteroatoms. The summed E-state index contributed by atoms with van der Waals surface area (Å²) < 4.78 is 29.6. The number of hydrogen-bond donors (Lipinski definition) is 2. The third-order valence-corrected chi connectivity index (χ3v) is 10.4. The lowest BCUT2D eigenvalue weighted by Crippen LogP contribution is -2.51. The minimum absolute atomic E-state index is 0.0358. The summed E-state index contributed by atoms with van der Waals surface area (Å²) in [5.41, 5.74) is 1.94. The number of nitrogens with zero attached hydrogens (tertiary/aromatic N) is 4. The van der Waals surface area contributed by atoms with Crippen LogP contribution in [-0.2, 0) is 14.8 Å². The second kappa shape index (κ2) is 12.1. The van der Waals surface area contributed by atoms with Crippen LogP contribution in [0.15, 0.2) is 65.6 Å². The van der Waals surface area contributed by atoms with Gasteiger partial charge in [-0.05, 0) is 68.6 Å². The predicted molar refractivity (Wildman–Crippen MR) is 161 cm³/mol. The van der Waals surface area contributed by atoms with Crippen molar-refractivity contribution in [2.75, 3.05) is 57.8 Å². The Balaban J connectivity index is 1.07. The highest BCUT2D eigenvalue weighted by atomic mass is 32.2. The molecule has 0 radical (unpaired) electrons. The molecule has 3 aromatic rings. The monoisotopic (exact) mass is 576 g/mol. The Hall–Kier alpha value is -3.05. The fraction of sp³-hybridized carbons (Fsp3) is 0.484. The van der Waals surface area contributed by atoms with Gasteiger partial charge in [-0.3, -0.25) is 4.79 Å². The van der Waals surface area contributed by atoms with Crippen LogP contribution in [0, 0.1) is 5.92 Å². The highest BCUT2D eigenvalue weighted by molar-refractivity contribution is 7.89. The average Bonchev–Trinajstić information content (AvgIpc) is 3.01. The molecule has 1 aliphatic carbocycles. The highest BCUT2D eigenvalue weighted by Gasteiger charge is 2.35. The summed E-state index contributed by atoms with van der Waals surface area (Å²) in [6.45, 7) is 6.11. The maximum Gasteiger partial charge on any atom is 0.240 e. The molecule has 2 saturated heterocycles. The SMILES string of the molecule is CN1CCN(c2ccc3cc(S(=O)(=O)NC4CCC(C(=O)N5CCNCC5c5ccccc5)CC4)ccc3n2)CC1. The summed E-state index contributed by atoms with van der Waals surface area (Å²) >= 11 is 0. The molecule has 1 saturated carbocycles. The van der Waals surface area contributed by atoms with Gasteiger partial charge in [0.1, 0.15) is 5.82 Å². The van der Waals surface area contributed by atoms with Crippen molar-refractivity contribution in [1.29, 1.82) is 0 Å². The van der Waals surface area contributed by atoms with Crippen LogP contribution in [-0.4, -0.2) is 88.0 Å². The molecule has 218 valence electrons. The molecule has 2 N–H and O–H groups in total. The summed E-state index contributed by atoms with van der Waals surface area (Å²) in [5.74, 6) is 1.06. The molecule has 41 heavy (non-hydrogen) atoms. The number of carbonyl (C=O) groups is 1. The van der Waals surface area contributed by atoms with Gasteiger partial charge < -0.3 is 20.0 Å². The number of likely N-dealkylation sites (N-methyl/N-ethyl adjacent to an activating group) is 1. The van der Waals surface area contributed by atoms with Crippen molar-refractivity contribution in [3.63, 3.8) is 0 Å². The lowest BCUT2D eigenvalue weighted by molar-refractivity contribution is -0.140. The van der Waals surface area contributed by atoms with Gasteiger partial charge in [0.2, 0.25) is 15.9 Å². The minimum atomic E-state index is -3.69. The topological polar surface area (TPSA) is 97.9 Å². The molecule has 3 fully saturated rings. The number of fused-ring (bicyclic) bond motifs is 1. The van der Waals surface area contributed by atoms with E-state index in [9.17, 15) is 13.2 Å². The minimum Gasteiger partial charge on any atom is -0.354 e. The van der Waals surface area contributed by atoms with E-state index in [0.29, 0.717) is 32.2 Å². The Labute approximate surface area is 243 Å². The van der Waals surface area contributed by atoms with Crippen LogP contribution < -0.4 is 14.9 Å². The molecule has 3 aliphatic rings. The Morgan fingerprint density at radius 1 is 0.927 bits per heavy atom. The van der Waals surface area contributed by atoms with E-state index in [4.69, 9.17) is 4.98 Å². The van der Waals surface area contributed by atoms with Crippen LogP contribution in [0.1, 0.15) is 37.3 Å². The predicted octanol–water partition coefficient (Wildman–Crippen LogP) is 3.00. The van der Waals surface area contributed by atoms with Crippen LogP contribution >= 0.6 is 0 Å². The number of benzene rings is 2. The van der Waals surface area contributed by atoms with Crippen molar-refractivity contribution in [2.24, 2.45) is 5.92 Å². The van der Waals surface area contributed by atoms with Crippen LogP contribution in [0.25, 0.3) is 10.9 Å². The lowest BCUT2D eigenvalue weighted by atomic mass is 9.85. The number of anilines is 1. The maximum atomic E-state index is 13.6. The van der Waals surface area contributed by atoms with E-state index in [2.05, 4.69) is 39.0 Å². The van der Waals surface area contributed by atoms with Crippen molar-refractivity contribution in [2.45, 2.75) is 42.7 Å². The summed E-state index contributed by atoms with van der Waals surface area (Å²) in [5, 5.41) is 4.23. The molecule has 2 aromatic carbocycles. The zero-order valence-electron chi connectivity index (χ0n) is 23.7. The Bertz CT molecular complexity index is 1470. The van der Waals surface area contributed by atoms with Gasteiger partial charge >= 0.3 is 0 Å². The van der Waals surface area contributed by atoms with E-state index in [-0.39, 0.29) is 28.8 Å². The van der Waals surface area contributed by atoms with Gasteiger partial charge in [-0.2, -0.15) is 0 Å². The second-order valence-electron chi connectivity index (χ2n) is 11.6. The zero-order chi connectivity index (χ0) is 28.4. The number of piperazine rings is 2. The van der Waals surface area contributed by atoms with Crippen LogP contribution in [0.4, 0.5) is 5.82 Å².